The van der Waals surface area contributed by atoms with E-state index in [0.29, 0.717) is 17.9 Å². The molecule has 2 atom stereocenters. The maximum Gasteiger partial charge on any atom is 0.414 e. The van der Waals surface area contributed by atoms with Gasteiger partial charge in [-0.2, -0.15) is 5.10 Å². The van der Waals surface area contributed by atoms with Crippen LogP contribution in [0.15, 0.2) is 30.6 Å². The van der Waals surface area contributed by atoms with Crippen molar-refractivity contribution >= 4 is 33.4 Å². The first-order chi connectivity index (χ1) is 17.1. The predicted octanol–water partition coefficient (Wildman–Crippen LogP) is 2.61. The van der Waals surface area contributed by atoms with E-state index < -0.39 is 22.0 Å². The van der Waals surface area contributed by atoms with Gasteiger partial charge < -0.3 is 14.4 Å². The number of likely N-dealkylation sites (N-methyl/N-ethyl adjacent to an activating group) is 1. The van der Waals surface area contributed by atoms with Gasteiger partial charge in [0.15, 0.2) is 0 Å². The molecule has 196 valence electrons. The van der Waals surface area contributed by atoms with E-state index in [1.165, 1.54) is 18.3 Å². The molecule has 2 aliphatic heterocycles. The van der Waals surface area contributed by atoms with Crippen LogP contribution in [0, 0.1) is 0 Å². The van der Waals surface area contributed by atoms with Crippen LogP contribution in [-0.2, 0) is 25.9 Å². The molecule has 12 heteroatoms. The number of sulfone groups is 1. The number of hydrogen-bond acceptors (Lipinski definition) is 8. The fourth-order valence-corrected chi connectivity index (χ4v) is 5.19. The maximum absolute atomic E-state index is 13.3. The smallest absolute Gasteiger partial charge is 0.414 e. The van der Waals surface area contributed by atoms with E-state index >= 15 is 0 Å². The van der Waals surface area contributed by atoms with Crippen LogP contribution in [0.3, 0.4) is 0 Å². The molecule has 36 heavy (non-hydrogen) atoms. The first-order valence-electron chi connectivity index (χ1n) is 11.9. The number of rotatable bonds is 5. The van der Waals surface area contributed by atoms with E-state index in [4.69, 9.17) is 9.47 Å². The average molecular weight is 520 g/mol. The molecule has 1 fully saturated rings. The molecule has 3 heterocycles. The van der Waals surface area contributed by atoms with Crippen LogP contribution in [0.5, 0.6) is 0 Å². The largest absolute Gasteiger partial charge is 0.452 e. The van der Waals surface area contributed by atoms with Gasteiger partial charge >= 0.3 is 12.2 Å². The summed E-state index contributed by atoms with van der Waals surface area (Å²) < 4.78 is 35.5. The Bertz CT molecular complexity index is 1230. The van der Waals surface area contributed by atoms with Crippen molar-refractivity contribution in [1.29, 1.82) is 0 Å². The van der Waals surface area contributed by atoms with E-state index in [2.05, 4.69) is 10.00 Å². The minimum absolute atomic E-state index is 0.0136. The summed E-state index contributed by atoms with van der Waals surface area (Å²) in [6, 6.07) is 5.11. The summed E-state index contributed by atoms with van der Waals surface area (Å²) in [6.45, 7) is 4.01. The molecule has 2 aromatic rings. The van der Waals surface area contributed by atoms with E-state index in [1.807, 2.05) is 26.1 Å². The molecule has 1 aromatic carbocycles. The number of fused-ring (bicyclic) bond motifs is 1. The molecule has 1 saturated heterocycles. The van der Waals surface area contributed by atoms with Crippen molar-refractivity contribution in [1.82, 2.24) is 14.7 Å². The molecule has 2 aliphatic rings. The zero-order valence-electron chi connectivity index (χ0n) is 21.1. The molecule has 11 nitrogen and oxygen atoms in total. The lowest BCUT2D eigenvalue weighted by Crippen LogP contribution is -2.53. The zero-order valence-corrected chi connectivity index (χ0v) is 21.9. The average Bonchev–Trinajstić information content (AvgIpc) is 3.30. The summed E-state index contributed by atoms with van der Waals surface area (Å²) in [6.07, 6.45) is 5.22. The van der Waals surface area contributed by atoms with Crippen molar-refractivity contribution in [2.75, 3.05) is 55.6 Å². The normalized spacial score (nSPS) is 20.7. The Balaban J connectivity index is 1.65. The number of piperidine rings is 1. The Morgan fingerprint density at radius 1 is 1.14 bits per heavy atom. The van der Waals surface area contributed by atoms with Crippen molar-refractivity contribution in [3.05, 3.63) is 30.6 Å². The number of aryl methyl sites for hydroxylation is 1. The molecule has 1 aromatic heterocycles. The molecule has 1 unspecified atom stereocenters. The molecule has 0 bridgehead atoms. The monoisotopic (exact) mass is 519 g/mol. The summed E-state index contributed by atoms with van der Waals surface area (Å²) >= 11 is 0. The molecule has 0 aliphatic carbocycles. The highest BCUT2D eigenvalue weighted by Gasteiger charge is 2.37. The van der Waals surface area contributed by atoms with Gasteiger partial charge in [0, 0.05) is 24.6 Å². The molecule has 0 saturated carbocycles. The van der Waals surface area contributed by atoms with E-state index in [9.17, 15) is 18.0 Å². The standard InChI is InChI=1S/C24H33N5O6S/c1-17-14-28(23(30)35-20-6-5-9-26(2)16-20)22-12-18(7-8-21(22)29(17)24(31)34-3)19-13-25-27(15-19)10-11-36(4,32)33/h7-8,12-13,15,17,20H,5-6,9-11,14,16H2,1-4H3/t17-,20?/m0/s1. The second kappa shape index (κ2) is 10.5. The molecular formula is C24H33N5O6S. The van der Waals surface area contributed by atoms with Crippen LogP contribution in [0.4, 0.5) is 21.0 Å². The fraction of sp³-hybridized carbons (Fsp3) is 0.542. The van der Waals surface area contributed by atoms with Gasteiger partial charge in [-0.3, -0.25) is 14.5 Å². The number of methoxy groups -OCH3 is 1. The van der Waals surface area contributed by atoms with Gasteiger partial charge in [-0.25, -0.2) is 18.0 Å². The molecule has 0 N–H and O–H groups in total. The van der Waals surface area contributed by atoms with Crippen LogP contribution < -0.4 is 9.80 Å². The lowest BCUT2D eigenvalue weighted by atomic mass is 10.0. The van der Waals surface area contributed by atoms with E-state index in [1.54, 1.807) is 28.0 Å². The number of carbonyl (C=O) groups excluding carboxylic acids is 2. The van der Waals surface area contributed by atoms with Crippen molar-refractivity contribution in [2.24, 2.45) is 0 Å². The molecule has 4 rings (SSSR count). The number of nitrogens with zero attached hydrogens (tertiary/aromatic N) is 5. The van der Waals surface area contributed by atoms with Crippen LogP contribution >= 0.6 is 0 Å². The first-order valence-corrected chi connectivity index (χ1v) is 14.0. The highest BCUT2D eigenvalue weighted by Crippen LogP contribution is 2.39. The van der Waals surface area contributed by atoms with Crippen molar-refractivity contribution in [3.63, 3.8) is 0 Å². The topological polar surface area (TPSA) is 114 Å². The number of carbonyl (C=O) groups is 2. The third-order valence-electron chi connectivity index (χ3n) is 6.51. The minimum atomic E-state index is -3.12. The molecule has 0 radical (unpaired) electrons. The number of benzene rings is 1. The zero-order chi connectivity index (χ0) is 26.0. The third kappa shape index (κ3) is 5.81. The highest BCUT2D eigenvalue weighted by atomic mass is 32.2. The van der Waals surface area contributed by atoms with Gasteiger partial charge in [-0.1, -0.05) is 6.07 Å². The van der Waals surface area contributed by atoms with Gasteiger partial charge in [0.25, 0.3) is 0 Å². The second-order valence-corrected chi connectivity index (χ2v) is 11.8. The summed E-state index contributed by atoms with van der Waals surface area (Å²) in [5.41, 5.74) is 2.62. The fourth-order valence-electron chi connectivity index (χ4n) is 4.67. The summed E-state index contributed by atoms with van der Waals surface area (Å²) in [4.78, 5) is 31.2. The third-order valence-corrected chi connectivity index (χ3v) is 7.44. The Kier molecular flexibility index (Phi) is 7.55. The van der Waals surface area contributed by atoms with Gasteiger partial charge in [-0.15, -0.1) is 0 Å². The van der Waals surface area contributed by atoms with Crippen molar-refractivity contribution in [2.45, 2.75) is 38.5 Å². The van der Waals surface area contributed by atoms with Gasteiger partial charge in [0.1, 0.15) is 15.9 Å². The number of hydrogen-bond donors (Lipinski definition) is 0. The molecule has 0 spiro atoms. The van der Waals surface area contributed by atoms with Gasteiger partial charge in [0.2, 0.25) is 0 Å². The molecule has 2 amide bonds. The number of aromatic nitrogens is 2. The van der Waals surface area contributed by atoms with Crippen LogP contribution in [0.1, 0.15) is 19.8 Å². The Morgan fingerprint density at radius 3 is 2.61 bits per heavy atom. The van der Waals surface area contributed by atoms with Gasteiger partial charge in [0.05, 0.1) is 49.6 Å². The summed E-state index contributed by atoms with van der Waals surface area (Å²) in [7, 11) is 0.221. The van der Waals surface area contributed by atoms with Gasteiger partial charge in [-0.05, 0) is 51.1 Å². The predicted molar refractivity (Wildman–Crippen MR) is 136 cm³/mol. The highest BCUT2D eigenvalue weighted by molar-refractivity contribution is 7.90. The van der Waals surface area contributed by atoms with Crippen molar-refractivity contribution < 1.29 is 27.5 Å². The lowest BCUT2D eigenvalue weighted by Gasteiger charge is -2.40. The Labute approximate surface area is 211 Å². The van der Waals surface area contributed by atoms with E-state index in [-0.39, 0.29) is 31.0 Å². The summed E-state index contributed by atoms with van der Waals surface area (Å²) in [5.74, 6) is -0.0136. The van der Waals surface area contributed by atoms with Crippen LogP contribution in [0.2, 0.25) is 0 Å². The Morgan fingerprint density at radius 2 is 1.92 bits per heavy atom. The molecular weight excluding hydrogens is 486 g/mol. The number of likely N-dealkylation sites (tertiary alicyclic amines) is 1. The van der Waals surface area contributed by atoms with Crippen LogP contribution in [0.25, 0.3) is 11.1 Å². The quantitative estimate of drug-likeness (QED) is 0.592. The van der Waals surface area contributed by atoms with Crippen LogP contribution in [-0.4, -0.2) is 93.2 Å². The second-order valence-electron chi connectivity index (χ2n) is 9.54. The summed E-state index contributed by atoms with van der Waals surface area (Å²) in [5, 5.41) is 4.27. The Hall–Kier alpha value is -3.12. The maximum atomic E-state index is 13.3. The number of amides is 2. The minimum Gasteiger partial charge on any atom is -0.452 e. The first kappa shape index (κ1) is 26.0. The number of anilines is 2. The number of ether oxygens (including phenoxy) is 2. The van der Waals surface area contributed by atoms with E-state index in [0.717, 1.165) is 30.5 Å². The van der Waals surface area contributed by atoms with Crippen molar-refractivity contribution in [3.8, 4) is 11.1 Å². The lowest BCUT2D eigenvalue weighted by molar-refractivity contribution is 0.0547. The SMILES string of the molecule is COC(=O)N1c2ccc(-c3cnn(CCS(C)(=O)=O)c3)cc2N(C(=O)OC2CCCN(C)C2)C[C@@H]1C.